The quantitative estimate of drug-likeness (QED) is 0.531. The van der Waals surface area contributed by atoms with Crippen LogP contribution in [0.25, 0.3) is 23.0 Å². The lowest BCUT2D eigenvalue weighted by Crippen LogP contribution is -2.28. The van der Waals surface area contributed by atoms with E-state index in [1.165, 1.54) is 0 Å². The molecule has 4 aromatic heterocycles. The second-order valence-corrected chi connectivity index (χ2v) is 7.04. The van der Waals surface area contributed by atoms with Crippen LogP contribution in [0.2, 0.25) is 0 Å². The van der Waals surface area contributed by atoms with Crippen LogP contribution in [0.5, 0.6) is 0 Å². The van der Waals surface area contributed by atoms with Gasteiger partial charge in [-0.3, -0.25) is 4.79 Å². The number of hydrogen-bond donors (Lipinski definition) is 0. The van der Waals surface area contributed by atoms with Gasteiger partial charge in [0.1, 0.15) is 0 Å². The summed E-state index contributed by atoms with van der Waals surface area (Å²) in [7, 11) is 0. The molecule has 4 aromatic rings. The van der Waals surface area contributed by atoms with Gasteiger partial charge in [-0.25, -0.2) is 0 Å². The fourth-order valence-corrected chi connectivity index (χ4v) is 3.76. The molecular weight excluding hydrogens is 368 g/mol. The summed E-state index contributed by atoms with van der Waals surface area (Å²) < 4.78 is 15.8. The summed E-state index contributed by atoms with van der Waals surface area (Å²) in [6.07, 6.45) is 2.32. The zero-order chi connectivity index (χ0) is 18.2. The Bertz CT molecular complexity index is 1050. The van der Waals surface area contributed by atoms with Gasteiger partial charge in [0.15, 0.2) is 17.3 Å². The van der Waals surface area contributed by atoms with Gasteiger partial charge in [-0.05, 0) is 30.0 Å². The highest BCUT2D eigenvalue weighted by molar-refractivity contribution is 7.08. The molecule has 9 heteroatoms. The van der Waals surface area contributed by atoms with E-state index < -0.39 is 0 Å². The number of thiophene rings is 1. The molecule has 0 bridgehead atoms. The first-order valence-electron chi connectivity index (χ1n) is 8.44. The van der Waals surface area contributed by atoms with E-state index in [1.54, 1.807) is 40.7 Å². The van der Waals surface area contributed by atoms with Gasteiger partial charge in [0.25, 0.3) is 11.8 Å². The molecule has 1 saturated heterocycles. The molecule has 0 aromatic carbocycles. The molecule has 0 saturated carbocycles. The summed E-state index contributed by atoms with van der Waals surface area (Å²) in [4.78, 5) is 18.9. The van der Waals surface area contributed by atoms with Crippen LogP contribution in [0.3, 0.4) is 0 Å². The average Bonchev–Trinajstić information content (AvgIpc) is 3.50. The van der Waals surface area contributed by atoms with E-state index in [2.05, 4.69) is 15.3 Å². The van der Waals surface area contributed by atoms with Crippen LogP contribution in [0.1, 0.15) is 28.7 Å². The van der Waals surface area contributed by atoms with Gasteiger partial charge >= 0.3 is 0 Å². The smallest absolute Gasteiger partial charge is 0.276 e. The number of aromatic nitrogens is 3. The van der Waals surface area contributed by atoms with Crippen LogP contribution < -0.4 is 0 Å². The number of amides is 1. The fraction of sp³-hybridized carbons (Fsp3) is 0.222. The van der Waals surface area contributed by atoms with Crippen molar-refractivity contribution in [1.29, 1.82) is 0 Å². The second-order valence-electron chi connectivity index (χ2n) is 6.26. The number of carbonyl (C=O) groups excluding carboxylic acids is 1. The first-order chi connectivity index (χ1) is 13.3. The number of hydrogen-bond acceptors (Lipinski definition) is 8. The van der Waals surface area contributed by atoms with E-state index in [1.807, 2.05) is 16.8 Å². The highest BCUT2D eigenvalue weighted by Gasteiger charge is 2.32. The minimum absolute atomic E-state index is 0.0431. The van der Waals surface area contributed by atoms with Gasteiger partial charge in [-0.15, -0.1) is 0 Å². The molecule has 0 aliphatic carbocycles. The number of carbonyl (C=O) groups is 1. The molecule has 1 fully saturated rings. The lowest BCUT2D eigenvalue weighted by atomic mass is 10.1. The van der Waals surface area contributed by atoms with E-state index in [9.17, 15) is 4.79 Å². The van der Waals surface area contributed by atoms with Gasteiger partial charge in [-0.2, -0.15) is 16.3 Å². The van der Waals surface area contributed by atoms with Crippen molar-refractivity contribution in [1.82, 2.24) is 20.2 Å². The van der Waals surface area contributed by atoms with E-state index in [4.69, 9.17) is 13.5 Å². The highest BCUT2D eigenvalue weighted by Crippen LogP contribution is 2.29. The van der Waals surface area contributed by atoms with E-state index in [0.717, 1.165) is 12.0 Å². The molecule has 0 spiro atoms. The van der Waals surface area contributed by atoms with Crippen LogP contribution in [0.15, 0.2) is 54.8 Å². The molecule has 136 valence electrons. The van der Waals surface area contributed by atoms with Crippen LogP contribution in [0, 0.1) is 0 Å². The summed E-state index contributed by atoms with van der Waals surface area (Å²) in [6, 6.07) is 7.03. The molecule has 1 amide bonds. The largest absolute Gasteiger partial charge is 0.461 e. The molecule has 0 unspecified atom stereocenters. The van der Waals surface area contributed by atoms with Crippen LogP contribution >= 0.6 is 11.3 Å². The van der Waals surface area contributed by atoms with Crippen LogP contribution in [-0.2, 0) is 0 Å². The van der Waals surface area contributed by atoms with Crippen molar-refractivity contribution in [3.8, 4) is 23.0 Å². The number of furan rings is 1. The zero-order valence-corrected chi connectivity index (χ0v) is 14.9. The van der Waals surface area contributed by atoms with Crippen molar-refractivity contribution in [2.45, 2.75) is 12.3 Å². The van der Waals surface area contributed by atoms with Crippen molar-refractivity contribution in [2.75, 3.05) is 13.1 Å². The van der Waals surface area contributed by atoms with Crippen molar-refractivity contribution >= 4 is 17.2 Å². The van der Waals surface area contributed by atoms with Crippen molar-refractivity contribution < 1.29 is 18.3 Å². The summed E-state index contributed by atoms with van der Waals surface area (Å²) in [5.41, 5.74) is 1.17. The van der Waals surface area contributed by atoms with Crippen molar-refractivity contribution in [3.63, 3.8) is 0 Å². The summed E-state index contributed by atoms with van der Waals surface area (Å²) >= 11 is 1.58. The Hall–Kier alpha value is -3.20. The van der Waals surface area contributed by atoms with E-state index in [-0.39, 0.29) is 17.5 Å². The minimum Gasteiger partial charge on any atom is -0.461 e. The Balaban J connectivity index is 1.29. The van der Waals surface area contributed by atoms with Crippen LogP contribution in [-0.4, -0.2) is 39.2 Å². The standard InChI is InChI=1S/C18H14N4O4S/c23-18(13-8-15(25-20-13)14-2-1-6-24-14)22-5-3-11(9-22)16-19-17(26-21-16)12-4-7-27-10-12/h1-2,4,6-8,10-11H,3,5,9H2/t11-/m1/s1. The number of rotatable bonds is 4. The Morgan fingerprint density at radius 1 is 1.22 bits per heavy atom. The summed E-state index contributed by atoms with van der Waals surface area (Å²) in [5, 5.41) is 11.9. The van der Waals surface area contributed by atoms with Gasteiger partial charge < -0.3 is 18.4 Å². The van der Waals surface area contributed by atoms with Crippen molar-refractivity contribution in [3.05, 3.63) is 52.8 Å². The predicted molar refractivity (Wildman–Crippen MR) is 95.1 cm³/mol. The third kappa shape index (κ3) is 2.95. The molecule has 0 radical (unpaired) electrons. The summed E-state index contributed by atoms with van der Waals surface area (Å²) in [5.74, 6) is 1.96. The first kappa shape index (κ1) is 16.0. The van der Waals surface area contributed by atoms with Gasteiger partial charge in [0.05, 0.1) is 11.8 Å². The first-order valence-corrected chi connectivity index (χ1v) is 9.38. The molecule has 1 aliphatic rings. The van der Waals surface area contributed by atoms with Gasteiger partial charge in [-0.1, -0.05) is 10.3 Å². The molecule has 0 N–H and O–H groups in total. The Kier molecular flexibility index (Phi) is 3.86. The van der Waals surface area contributed by atoms with E-state index >= 15 is 0 Å². The maximum absolute atomic E-state index is 12.7. The Labute approximate surface area is 157 Å². The molecule has 1 atom stereocenters. The maximum atomic E-state index is 12.7. The fourth-order valence-electron chi connectivity index (χ4n) is 3.13. The SMILES string of the molecule is O=C(c1cc(-c2ccco2)on1)N1CC[C@@H](c2noc(-c3ccsc3)n2)C1. The lowest BCUT2D eigenvalue weighted by molar-refractivity contribution is 0.0780. The zero-order valence-electron chi connectivity index (χ0n) is 14.1. The van der Waals surface area contributed by atoms with Crippen molar-refractivity contribution in [2.24, 2.45) is 0 Å². The van der Waals surface area contributed by atoms with Gasteiger partial charge in [0, 0.05) is 30.5 Å². The topological polar surface area (TPSA) is 98.4 Å². The number of likely N-dealkylation sites (tertiary alicyclic amines) is 1. The van der Waals surface area contributed by atoms with Crippen LogP contribution in [0.4, 0.5) is 0 Å². The predicted octanol–water partition coefficient (Wildman–Crippen LogP) is 3.68. The Morgan fingerprint density at radius 2 is 2.19 bits per heavy atom. The molecule has 5 heterocycles. The monoisotopic (exact) mass is 382 g/mol. The second kappa shape index (κ2) is 6.51. The molecule has 1 aliphatic heterocycles. The molecular formula is C18H14N4O4S. The lowest BCUT2D eigenvalue weighted by Gasteiger charge is -2.13. The maximum Gasteiger partial charge on any atom is 0.276 e. The third-order valence-corrected chi connectivity index (χ3v) is 5.23. The molecule has 27 heavy (non-hydrogen) atoms. The average molecular weight is 382 g/mol. The normalized spacial score (nSPS) is 16.9. The Morgan fingerprint density at radius 3 is 3.00 bits per heavy atom. The minimum atomic E-state index is -0.180. The molecule has 8 nitrogen and oxygen atoms in total. The van der Waals surface area contributed by atoms with Gasteiger partial charge in [0.2, 0.25) is 5.76 Å². The molecule has 5 rings (SSSR count). The summed E-state index contributed by atoms with van der Waals surface area (Å²) in [6.45, 7) is 1.12. The van der Waals surface area contributed by atoms with E-state index in [0.29, 0.717) is 36.3 Å². The number of nitrogens with zero attached hydrogens (tertiary/aromatic N) is 4. The third-order valence-electron chi connectivity index (χ3n) is 4.54. The highest BCUT2D eigenvalue weighted by atomic mass is 32.1.